The minimum atomic E-state index is -4.31. The number of benzene rings is 1. The Balaban J connectivity index is 0.000000404. The topological polar surface area (TPSA) is 99.0 Å². The average Bonchev–Trinajstić information content (AvgIpc) is 3.31. The summed E-state index contributed by atoms with van der Waals surface area (Å²) >= 11 is 0. The highest BCUT2D eigenvalue weighted by molar-refractivity contribution is 7.86. The standard InChI is InChI=1S/C20H38N2.C7H8O4S/c1-2-3-4-5-6-7-8-9-10-11-12-13-14-15-16-17-20-21-18-19-22-20;1-5-3-2-4-6(7(5)8)12(9,10)11/h16-17H,2-15,18-19H2,1H3,(H,21,22);2-4,8H,1H3,(H,9,10,11). The summed E-state index contributed by atoms with van der Waals surface area (Å²) in [6, 6.07) is 4.12. The van der Waals surface area contributed by atoms with E-state index >= 15 is 0 Å². The van der Waals surface area contributed by atoms with Crippen molar-refractivity contribution in [2.24, 2.45) is 4.99 Å². The first-order valence-electron chi connectivity index (χ1n) is 13.1. The van der Waals surface area contributed by atoms with Crippen molar-refractivity contribution in [1.29, 1.82) is 0 Å². The number of hydrogen-bond acceptors (Lipinski definition) is 5. The number of aryl methyl sites for hydroxylation is 1. The highest BCUT2D eigenvalue weighted by atomic mass is 32.2. The Morgan fingerprint density at radius 3 is 1.97 bits per heavy atom. The number of nitrogens with one attached hydrogen (secondary N) is 1. The molecule has 1 aromatic rings. The summed E-state index contributed by atoms with van der Waals surface area (Å²) in [6.07, 6.45) is 24.2. The molecule has 0 aromatic heterocycles. The lowest BCUT2D eigenvalue weighted by Gasteiger charge is -2.02. The van der Waals surface area contributed by atoms with Gasteiger partial charge in [0.2, 0.25) is 0 Å². The van der Waals surface area contributed by atoms with Crippen LogP contribution in [0.25, 0.3) is 0 Å². The van der Waals surface area contributed by atoms with E-state index in [0.717, 1.165) is 25.0 Å². The summed E-state index contributed by atoms with van der Waals surface area (Å²) < 4.78 is 29.8. The summed E-state index contributed by atoms with van der Waals surface area (Å²) in [5, 5.41) is 12.5. The lowest BCUT2D eigenvalue weighted by molar-refractivity contribution is 0.440. The molecule has 6 nitrogen and oxygen atoms in total. The van der Waals surface area contributed by atoms with Gasteiger partial charge >= 0.3 is 0 Å². The highest BCUT2D eigenvalue weighted by Crippen LogP contribution is 2.25. The van der Waals surface area contributed by atoms with Crippen molar-refractivity contribution >= 4 is 16.0 Å². The molecule has 0 saturated heterocycles. The predicted molar refractivity (Wildman–Crippen MR) is 142 cm³/mol. The van der Waals surface area contributed by atoms with Crippen LogP contribution in [-0.2, 0) is 10.1 Å². The summed E-state index contributed by atoms with van der Waals surface area (Å²) in [4.78, 5) is 3.90. The molecular weight excluding hydrogens is 448 g/mol. The van der Waals surface area contributed by atoms with E-state index in [2.05, 4.69) is 29.4 Å². The molecule has 0 amide bonds. The van der Waals surface area contributed by atoms with Gasteiger partial charge in [0.25, 0.3) is 10.1 Å². The first kappa shape index (κ1) is 30.2. The lowest BCUT2D eigenvalue weighted by Crippen LogP contribution is -2.15. The molecule has 7 heteroatoms. The van der Waals surface area contributed by atoms with E-state index in [1.165, 1.54) is 96.0 Å². The highest BCUT2D eigenvalue weighted by Gasteiger charge is 2.15. The number of unbranched alkanes of at least 4 members (excludes halogenated alkanes) is 13. The van der Waals surface area contributed by atoms with Crippen molar-refractivity contribution in [3.8, 4) is 5.75 Å². The van der Waals surface area contributed by atoms with Gasteiger partial charge in [0.15, 0.2) is 0 Å². The van der Waals surface area contributed by atoms with Crippen LogP contribution in [0.2, 0.25) is 0 Å². The Morgan fingerprint density at radius 1 is 0.941 bits per heavy atom. The third-order valence-corrected chi connectivity index (χ3v) is 6.81. The van der Waals surface area contributed by atoms with E-state index < -0.39 is 20.8 Å². The Morgan fingerprint density at radius 2 is 1.50 bits per heavy atom. The number of allylic oxidation sites excluding steroid dienone is 1. The van der Waals surface area contributed by atoms with E-state index in [9.17, 15) is 13.5 Å². The van der Waals surface area contributed by atoms with Crippen molar-refractivity contribution in [3.63, 3.8) is 0 Å². The van der Waals surface area contributed by atoms with Crippen LogP contribution in [0.3, 0.4) is 0 Å². The maximum absolute atomic E-state index is 10.6. The Labute approximate surface area is 207 Å². The van der Waals surface area contributed by atoms with Gasteiger partial charge < -0.3 is 10.4 Å². The van der Waals surface area contributed by atoms with Crippen molar-refractivity contribution < 1.29 is 18.1 Å². The molecule has 0 spiro atoms. The minimum Gasteiger partial charge on any atom is -0.506 e. The van der Waals surface area contributed by atoms with Gasteiger partial charge in [0, 0.05) is 6.54 Å². The zero-order valence-electron chi connectivity index (χ0n) is 21.3. The average molecular weight is 495 g/mol. The van der Waals surface area contributed by atoms with E-state index in [4.69, 9.17) is 4.55 Å². The number of amidine groups is 1. The van der Waals surface area contributed by atoms with E-state index in [0.29, 0.717) is 5.56 Å². The number of para-hydroxylation sites is 1. The number of aliphatic imine (C=N–C) groups is 1. The number of phenolic OH excluding ortho intramolecular Hbond substituents is 1. The van der Waals surface area contributed by atoms with Gasteiger partial charge in [-0.1, -0.05) is 102 Å². The molecular formula is C27H46N2O4S. The second-order valence-corrected chi connectivity index (χ2v) is 10.4. The first-order valence-corrected chi connectivity index (χ1v) is 14.5. The molecule has 1 aromatic carbocycles. The normalized spacial score (nSPS) is 13.4. The fourth-order valence-electron chi connectivity index (χ4n) is 3.84. The molecule has 3 N–H and O–H groups in total. The molecule has 0 bridgehead atoms. The monoisotopic (exact) mass is 494 g/mol. The quantitative estimate of drug-likeness (QED) is 0.170. The third-order valence-electron chi connectivity index (χ3n) is 5.93. The fourth-order valence-corrected chi connectivity index (χ4v) is 4.50. The lowest BCUT2D eigenvalue weighted by atomic mass is 10.0. The number of aromatic hydroxyl groups is 1. The second kappa shape index (κ2) is 18.5. The maximum atomic E-state index is 10.6. The number of nitrogens with zero attached hydrogens (tertiary/aromatic N) is 1. The van der Waals surface area contributed by atoms with Gasteiger partial charge in [0.05, 0.1) is 6.54 Å². The SMILES string of the molecule is CCCCCCCCCCCCCCCC=CC1=NCCN1.Cc1cccc(S(=O)(=O)O)c1O. The van der Waals surface area contributed by atoms with Gasteiger partial charge in [-0.3, -0.25) is 9.55 Å². The predicted octanol–water partition coefficient (Wildman–Crippen LogP) is 6.97. The second-order valence-electron chi connectivity index (χ2n) is 9.02. The van der Waals surface area contributed by atoms with Gasteiger partial charge in [-0.05, 0) is 37.5 Å². The molecule has 0 aliphatic carbocycles. The van der Waals surface area contributed by atoms with Crippen LogP contribution in [0.15, 0.2) is 40.2 Å². The van der Waals surface area contributed by atoms with Crippen molar-refractivity contribution in [1.82, 2.24) is 5.32 Å². The minimum absolute atomic E-state index is 0.403. The summed E-state index contributed by atoms with van der Waals surface area (Å²) in [5.74, 6) is 0.676. The number of hydrogen-bond donors (Lipinski definition) is 3. The van der Waals surface area contributed by atoms with Crippen LogP contribution in [0.5, 0.6) is 5.75 Å². The van der Waals surface area contributed by atoms with Crippen LogP contribution >= 0.6 is 0 Å². The smallest absolute Gasteiger partial charge is 0.298 e. The molecule has 1 aliphatic heterocycles. The molecule has 0 atom stereocenters. The van der Waals surface area contributed by atoms with Gasteiger partial charge in [0.1, 0.15) is 16.5 Å². The van der Waals surface area contributed by atoms with Crippen molar-refractivity contribution in [2.75, 3.05) is 13.1 Å². The van der Waals surface area contributed by atoms with E-state index in [1.54, 1.807) is 13.0 Å². The molecule has 1 aliphatic rings. The van der Waals surface area contributed by atoms with Crippen LogP contribution in [0, 0.1) is 6.92 Å². The van der Waals surface area contributed by atoms with Gasteiger partial charge in [-0.15, -0.1) is 0 Å². The van der Waals surface area contributed by atoms with Gasteiger partial charge in [-0.25, -0.2) is 0 Å². The summed E-state index contributed by atoms with van der Waals surface area (Å²) in [5.41, 5.74) is 0.408. The van der Waals surface area contributed by atoms with Crippen LogP contribution in [-0.4, -0.2) is 37.0 Å². The zero-order chi connectivity index (χ0) is 25.1. The molecule has 0 radical (unpaired) electrons. The Bertz CT molecular complexity index is 835. The summed E-state index contributed by atoms with van der Waals surface area (Å²) in [7, 11) is -4.31. The molecule has 34 heavy (non-hydrogen) atoms. The van der Waals surface area contributed by atoms with Crippen molar-refractivity contribution in [2.45, 2.75) is 109 Å². The Kier molecular flexibility index (Phi) is 16.4. The van der Waals surface area contributed by atoms with E-state index in [1.807, 2.05) is 0 Å². The largest absolute Gasteiger partial charge is 0.506 e. The van der Waals surface area contributed by atoms with Gasteiger partial charge in [-0.2, -0.15) is 8.42 Å². The molecule has 1 heterocycles. The summed E-state index contributed by atoms with van der Waals surface area (Å²) in [6.45, 7) is 5.79. The van der Waals surface area contributed by atoms with E-state index in [-0.39, 0.29) is 0 Å². The molecule has 0 saturated carbocycles. The molecule has 0 fully saturated rings. The van der Waals surface area contributed by atoms with Crippen LogP contribution < -0.4 is 5.32 Å². The number of rotatable bonds is 16. The van der Waals surface area contributed by atoms with Crippen molar-refractivity contribution in [3.05, 3.63) is 35.9 Å². The fraction of sp³-hybridized carbons (Fsp3) is 0.667. The Hall–Kier alpha value is -1.86. The van der Waals surface area contributed by atoms with Crippen LogP contribution in [0.1, 0.15) is 102 Å². The third kappa shape index (κ3) is 14.4. The maximum Gasteiger partial charge on any atom is 0.298 e. The first-order chi connectivity index (χ1) is 16.4. The van der Waals surface area contributed by atoms with Crippen LogP contribution in [0.4, 0.5) is 0 Å². The molecule has 0 unspecified atom stereocenters. The molecule has 2 rings (SSSR count). The molecule has 194 valence electrons. The number of phenols is 1. The zero-order valence-corrected chi connectivity index (χ0v) is 22.1.